The van der Waals surface area contributed by atoms with Crippen LogP contribution < -0.4 is 5.56 Å². The highest BCUT2D eigenvalue weighted by atomic mass is 16.7. The molecule has 1 aliphatic carbocycles. The monoisotopic (exact) mass is 240 g/mol. The van der Waals surface area contributed by atoms with E-state index in [0.29, 0.717) is 12.8 Å². The number of aromatic amines is 1. The van der Waals surface area contributed by atoms with Crippen LogP contribution in [0.1, 0.15) is 37.8 Å². The standard InChI is InChI=1S/C9H12N4O4/c14-8-6(10-17-12-8)7-11-16-9(13(7)15)4-2-1-3-5-9/h15H,1-5H2,(H,12,14). The third-order valence-electron chi connectivity index (χ3n) is 3.23. The molecule has 2 heterocycles. The number of nitrogens with one attached hydrogen (secondary N) is 1. The molecule has 8 nitrogen and oxygen atoms in total. The largest absolute Gasteiger partial charge is 0.363 e. The SMILES string of the molecule is O=c1[nH]onc1C1=NOC2(CCCCC2)N1O. The zero-order valence-electron chi connectivity index (χ0n) is 9.05. The lowest BCUT2D eigenvalue weighted by atomic mass is 9.91. The lowest BCUT2D eigenvalue weighted by Crippen LogP contribution is -2.48. The molecule has 0 radical (unpaired) electrons. The molecule has 2 aliphatic rings. The van der Waals surface area contributed by atoms with Crippen molar-refractivity contribution in [2.45, 2.75) is 37.8 Å². The van der Waals surface area contributed by atoms with Crippen LogP contribution in [0.4, 0.5) is 0 Å². The topological polar surface area (TPSA) is 104 Å². The summed E-state index contributed by atoms with van der Waals surface area (Å²) in [6.07, 6.45) is 4.36. The summed E-state index contributed by atoms with van der Waals surface area (Å²) in [7, 11) is 0. The van der Waals surface area contributed by atoms with E-state index in [4.69, 9.17) is 4.84 Å². The Bertz CT molecular complexity index is 499. The molecule has 1 saturated carbocycles. The van der Waals surface area contributed by atoms with Crippen molar-refractivity contribution in [2.75, 3.05) is 0 Å². The highest BCUT2D eigenvalue weighted by Gasteiger charge is 2.48. The van der Waals surface area contributed by atoms with Gasteiger partial charge in [0, 0.05) is 12.8 Å². The summed E-state index contributed by atoms with van der Waals surface area (Å²) in [6, 6.07) is 0. The number of amidine groups is 1. The van der Waals surface area contributed by atoms with Crippen LogP contribution in [0.15, 0.2) is 14.6 Å². The molecule has 0 atom stereocenters. The van der Waals surface area contributed by atoms with Gasteiger partial charge in [0.1, 0.15) is 0 Å². The van der Waals surface area contributed by atoms with Crippen LogP contribution >= 0.6 is 0 Å². The molecular weight excluding hydrogens is 228 g/mol. The van der Waals surface area contributed by atoms with Crippen LogP contribution in [0.2, 0.25) is 0 Å². The Labute approximate surface area is 95.7 Å². The molecule has 3 rings (SSSR count). The van der Waals surface area contributed by atoms with Crippen molar-refractivity contribution in [3.63, 3.8) is 0 Å². The maximum absolute atomic E-state index is 11.3. The first-order chi connectivity index (χ1) is 8.23. The summed E-state index contributed by atoms with van der Waals surface area (Å²) < 4.78 is 4.42. The summed E-state index contributed by atoms with van der Waals surface area (Å²) in [6.45, 7) is 0. The van der Waals surface area contributed by atoms with Crippen LogP contribution in [0.5, 0.6) is 0 Å². The van der Waals surface area contributed by atoms with Crippen LogP contribution in [0.3, 0.4) is 0 Å². The van der Waals surface area contributed by atoms with E-state index in [2.05, 4.69) is 14.9 Å². The molecule has 0 unspecified atom stereocenters. The van der Waals surface area contributed by atoms with Gasteiger partial charge in [-0.2, -0.15) is 10.2 Å². The highest BCUT2D eigenvalue weighted by molar-refractivity contribution is 5.96. The predicted octanol–water partition coefficient (Wildman–Crippen LogP) is 0.406. The first kappa shape index (κ1) is 10.3. The minimum atomic E-state index is -0.834. The zero-order chi connectivity index (χ0) is 11.9. The number of rotatable bonds is 1. The van der Waals surface area contributed by atoms with Crippen LogP contribution in [0, 0.1) is 0 Å². The third kappa shape index (κ3) is 1.44. The highest BCUT2D eigenvalue weighted by Crippen LogP contribution is 2.37. The van der Waals surface area contributed by atoms with Gasteiger partial charge in [0.25, 0.3) is 0 Å². The molecule has 0 aromatic carbocycles. The van der Waals surface area contributed by atoms with E-state index in [-0.39, 0.29) is 11.5 Å². The Morgan fingerprint density at radius 1 is 1.35 bits per heavy atom. The number of hydroxylamine groups is 2. The van der Waals surface area contributed by atoms with Crippen molar-refractivity contribution in [2.24, 2.45) is 5.16 Å². The summed E-state index contributed by atoms with van der Waals surface area (Å²) in [5.41, 5.74) is -1.45. The second-order valence-electron chi connectivity index (χ2n) is 4.29. The zero-order valence-corrected chi connectivity index (χ0v) is 9.05. The molecule has 17 heavy (non-hydrogen) atoms. The number of H-pyrrole nitrogens is 1. The summed E-state index contributed by atoms with van der Waals surface area (Å²) >= 11 is 0. The number of hydrogen-bond acceptors (Lipinski definition) is 7. The molecule has 1 aromatic rings. The molecule has 1 aliphatic heterocycles. The van der Waals surface area contributed by atoms with Gasteiger partial charge in [0.05, 0.1) is 0 Å². The van der Waals surface area contributed by atoms with Crippen LogP contribution in [-0.2, 0) is 4.84 Å². The molecule has 1 fully saturated rings. The first-order valence-electron chi connectivity index (χ1n) is 5.53. The number of oxime groups is 1. The van der Waals surface area contributed by atoms with Gasteiger partial charge >= 0.3 is 5.56 Å². The summed E-state index contributed by atoms with van der Waals surface area (Å²) in [4.78, 5) is 16.7. The van der Waals surface area contributed by atoms with Crippen molar-refractivity contribution in [3.8, 4) is 0 Å². The summed E-state index contributed by atoms with van der Waals surface area (Å²) in [5, 5.41) is 20.3. The maximum atomic E-state index is 11.3. The van der Waals surface area contributed by atoms with Gasteiger partial charge in [-0.3, -0.25) is 14.6 Å². The Hall–Kier alpha value is -1.83. The fourth-order valence-corrected chi connectivity index (χ4v) is 2.29. The molecule has 0 saturated heterocycles. The second-order valence-corrected chi connectivity index (χ2v) is 4.29. The van der Waals surface area contributed by atoms with Crippen molar-refractivity contribution >= 4 is 5.84 Å². The Morgan fingerprint density at radius 2 is 2.12 bits per heavy atom. The minimum Gasteiger partial charge on any atom is -0.363 e. The van der Waals surface area contributed by atoms with E-state index in [0.717, 1.165) is 24.3 Å². The van der Waals surface area contributed by atoms with E-state index in [9.17, 15) is 10.0 Å². The second kappa shape index (κ2) is 3.59. The molecule has 92 valence electrons. The molecule has 1 aromatic heterocycles. The quantitative estimate of drug-likeness (QED) is 0.736. The van der Waals surface area contributed by atoms with E-state index in [1.165, 1.54) is 0 Å². The van der Waals surface area contributed by atoms with Crippen molar-refractivity contribution in [3.05, 3.63) is 16.0 Å². The Kier molecular flexibility index (Phi) is 2.18. The van der Waals surface area contributed by atoms with Crippen molar-refractivity contribution in [1.82, 2.24) is 15.4 Å². The van der Waals surface area contributed by atoms with E-state index in [1.807, 2.05) is 5.16 Å². The number of hydrogen-bond donors (Lipinski definition) is 2. The van der Waals surface area contributed by atoms with Crippen molar-refractivity contribution in [1.29, 1.82) is 0 Å². The molecule has 0 amide bonds. The lowest BCUT2D eigenvalue weighted by Gasteiger charge is -2.35. The van der Waals surface area contributed by atoms with Gasteiger partial charge < -0.3 is 4.84 Å². The van der Waals surface area contributed by atoms with Crippen LogP contribution in [0.25, 0.3) is 0 Å². The third-order valence-corrected chi connectivity index (χ3v) is 3.23. The smallest absolute Gasteiger partial charge is 0.312 e. The van der Waals surface area contributed by atoms with Gasteiger partial charge in [-0.25, -0.2) is 0 Å². The van der Waals surface area contributed by atoms with Gasteiger partial charge in [-0.05, 0) is 18.0 Å². The lowest BCUT2D eigenvalue weighted by molar-refractivity contribution is -0.227. The molecule has 1 spiro atoms. The fraction of sp³-hybridized carbons (Fsp3) is 0.667. The van der Waals surface area contributed by atoms with E-state index in [1.54, 1.807) is 0 Å². The molecular formula is C9H12N4O4. The average Bonchev–Trinajstić information content (AvgIpc) is 2.88. The number of nitrogens with zero attached hydrogens (tertiary/aromatic N) is 3. The predicted molar refractivity (Wildman–Crippen MR) is 54.2 cm³/mol. The average molecular weight is 240 g/mol. The van der Waals surface area contributed by atoms with Gasteiger partial charge in [0.15, 0.2) is 0 Å². The van der Waals surface area contributed by atoms with Gasteiger partial charge in [0.2, 0.25) is 17.3 Å². The fourth-order valence-electron chi connectivity index (χ4n) is 2.29. The number of aromatic nitrogens is 2. The van der Waals surface area contributed by atoms with Gasteiger partial charge in [-0.15, -0.1) is 0 Å². The van der Waals surface area contributed by atoms with Crippen LogP contribution in [-0.4, -0.2) is 32.1 Å². The first-order valence-corrected chi connectivity index (χ1v) is 5.53. The van der Waals surface area contributed by atoms with Crippen molar-refractivity contribution < 1.29 is 14.7 Å². The van der Waals surface area contributed by atoms with E-state index >= 15 is 0 Å². The molecule has 0 bridgehead atoms. The van der Waals surface area contributed by atoms with E-state index < -0.39 is 11.3 Å². The normalized spacial score (nSPS) is 22.6. The Balaban J connectivity index is 1.91. The maximum Gasteiger partial charge on any atom is 0.312 e. The van der Waals surface area contributed by atoms with Gasteiger partial charge in [-0.1, -0.05) is 11.6 Å². The minimum absolute atomic E-state index is 0.00176. The molecule has 2 N–H and O–H groups in total. The summed E-state index contributed by atoms with van der Waals surface area (Å²) in [5.74, 6) is 0.00176. The molecule has 8 heteroatoms. The Morgan fingerprint density at radius 3 is 2.76 bits per heavy atom.